The Morgan fingerprint density at radius 3 is 2.42 bits per heavy atom. The fraction of sp³-hybridized carbons (Fsp3) is 0.619. The average Bonchev–Trinajstić information content (AvgIpc) is 3.51. The SMILES string of the molecule is Cc1ccc(C(=O)NC2=NC(CC(=O)N3CCN(CC(=O)N4CCCC4)CC3)CS2)s1. The summed E-state index contributed by atoms with van der Waals surface area (Å²) in [5.41, 5.74) is 0. The smallest absolute Gasteiger partial charge is 0.267 e. The molecule has 31 heavy (non-hydrogen) atoms. The third kappa shape index (κ3) is 5.87. The van der Waals surface area contributed by atoms with Crippen molar-refractivity contribution in [3.05, 3.63) is 21.9 Å². The molecular formula is C21H29N5O3S2. The summed E-state index contributed by atoms with van der Waals surface area (Å²) >= 11 is 2.95. The number of hydrogen-bond acceptors (Lipinski definition) is 7. The van der Waals surface area contributed by atoms with Crippen molar-refractivity contribution in [3.8, 4) is 0 Å². The molecule has 1 atom stereocenters. The van der Waals surface area contributed by atoms with Gasteiger partial charge in [-0.15, -0.1) is 11.3 Å². The van der Waals surface area contributed by atoms with Crippen molar-refractivity contribution in [2.45, 2.75) is 32.2 Å². The fourth-order valence-corrected chi connectivity index (χ4v) is 5.74. The predicted molar refractivity (Wildman–Crippen MR) is 124 cm³/mol. The largest absolute Gasteiger partial charge is 0.342 e. The van der Waals surface area contributed by atoms with Crippen LogP contribution in [0.4, 0.5) is 0 Å². The van der Waals surface area contributed by atoms with Gasteiger partial charge in [0.15, 0.2) is 5.17 Å². The number of rotatable bonds is 5. The van der Waals surface area contributed by atoms with Crippen LogP contribution in [-0.2, 0) is 9.59 Å². The maximum Gasteiger partial charge on any atom is 0.267 e. The summed E-state index contributed by atoms with van der Waals surface area (Å²) in [4.78, 5) is 49.6. The van der Waals surface area contributed by atoms with E-state index >= 15 is 0 Å². The van der Waals surface area contributed by atoms with Crippen LogP contribution in [0.15, 0.2) is 17.1 Å². The highest BCUT2D eigenvalue weighted by atomic mass is 32.2. The maximum atomic E-state index is 12.7. The van der Waals surface area contributed by atoms with Crippen molar-refractivity contribution in [1.29, 1.82) is 0 Å². The van der Waals surface area contributed by atoms with E-state index in [1.807, 2.05) is 28.9 Å². The summed E-state index contributed by atoms with van der Waals surface area (Å²) in [6, 6.07) is 3.63. The molecule has 2 fully saturated rings. The zero-order valence-electron chi connectivity index (χ0n) is 17.8. The van der Waals surface area contributed by atoms with Gasteiger partial charge in [0.05, 0.1) is 23.9 Å². The lowest BCUT2D eigenvalue weighted by atomic mass is 10.2. The van der Waals surface area contributed by atoms with Crippen molar-refractivity contribution in [1.82, 2.24) is 20.0 Å². The highest BCUT2D eigenvalue weighted by Crippen LogP contribution is 2.21. The standard InChI is InChI=1S/C21H29N5O3S2/c1-15-4-5-17(31-15)20(29)23-21-22-16(14-30-21)12-18(27)26-10-8-24(9-11-26)13-19(28)25-6-2-3-7-25/h4-5,16H,2-3,6-14H2,1H3,(H,22,23,29). The van der Waals surface area contributed by atoms with Gasteiger partial charge in [-0.25, -0.2) is 0 Å². The van der Waals surface area contributed by atoms with Gasteiger partial charge in [0.2, 0.25) is 11.8 Å². The molecule has 4 heterocycles. The van der Waals surface area contributed by atoms with E-state index in [2.05, 4.69) is 15.2 Å². The Labute approximate surface area is 191 Å². The number of amidine groups is 1. The van der Waals surface area contributed by atoms with E-state index in [0.717, 1.165) is 43.9 Å². The number of likely N-dealkylation sites (tertiary alicyclic amines) is 1. The third-order valence-corrected chi connectivity index (χ3v) is 7.88. The number of thiophene rings is 1. The molecule has 0 saturated carbocycles. The van der Waals surface area contributed by atoms with Crippen molar-refractivity contribution in [3.63, 3.8) is 0 Å². The molecule has 8 nitrogen and oxygen atoms in total. The molecule has 3 amide bonds. The Kier molecular flexibility index (Phi) is 7.29. The van der Waals surface area contributed by atoms with E-state index < -0.39 is 0 Å². The quantitative estimate of drug-likeness (QED) is 0.714. The summed E-state index contributed by atoms with van der Waals surface area (Å²) in [5, 5.41) is 3.45. The molecule has 0 spiro atoms. The van der Waals surface area contributed by atoms with E-state index in [9.17, 15) is 14.4 Å². The lowest BCUT2D eigenvalue weighted by Crippen LogP contribution is -2.51. The second kappa shape index (κ2) is 10.1. The minimum Gasteiger partial charge on any atom is -0.342 e. The number of nitrogens with one attached hydrogen (secondary N) is 1. The van der Waals surface area contributed by atoms with Crippen LogP contribution in [0, 0.1) is 6.92 Å². The van der Waals surface area contributed by atoms with E-state index in [-0.39, 0.29) is 23.8 Å². The molecule has 1 aromatic heterocycles. The first-order chi connectivity index (χ1) is 15.0. The molecule has 4 rings (SSSR count). The lowest BCUT2D eigenvalue weighted by molar-refractivity contribution is -0.134. The summed E-state index contributed by atoms with van der Waals surface area (Å²) in [5.74, 6) is 0.869. The molecule has 0 radical (unpaired) electrons. The number of thioether (sulfide) groups is 1. The van der Waals surface area contributed by atoms with Crippen molar-refractivity contribution < 1.29 is 14.4 Å². The number of aryl methyl sites for hydroxylation is 1. The number of aliphatic imine (C=N–C) groups is 1. The van der Waals surface area contributed by atoms with E-state index in [4.69, 9.17) is 0 Å². The zero-order valence-corrected chi connectivity index (χ0v) is 19.5. The van der Waals surface area contributed by atoms with Gasteiger partial charge in [-0.2, -0.15) is 0 Å². The van der Waals surface area contributed by atoms with Crippen LogP contribution < -0.4 is 5.32 Å². The van der Waals surface area contributed by atoms with Crippen LogP contribution in [0.1, 0.15) is 33.8 Å². The van der Waals surface area contributed by atoms with Gasteiger partial charge in [0.25, 0.3) is 5.91 Å². The summed E-state index contributed by atoms with van der Waals surface area (Å²) < 4.78 is 0. The van der Waals surface area contributed by atoms with Crippen molar-refractivity contribution in [2.24, 2.45) is 4.99 Å². The highest BCUT2D eigenvalue weighted by Gasteiger charge is 2.28. The average molecular weight is 464 g/mol. The summed E-state index contributed by atoms with van der Waals surface area (Å²) in [7, 11) is 0. The maximum absolute atomic E-state index is 12.7. The first-order valence-corrected chi connectivity index (χ1v) is 12.6. The minimum atomic E-state index is -0.143. The van der Waals surface area contributed by atoms with Gasteiger partial charge in [0.1, 0.15) is 0 Å². The molecule has 3 aliphatic heterocycles. The van der Waals surface area contributed by atoms with Crippen LogP contribution in [-0.4, -0.2) is 95.2 Å². The Bertz CT molecular complexity index is 857. The second-order valence-corrected chi connectivity index (χ2v) is 10.5. The Morgan fingerprint density at radius 2 is 1.74 bits per heavy atom. The van der Waals surface area contributed by atoms with Crippen molar-refractivity contribution >= 4 is 46.0 Å². The van der Waals surface area contributed by atoms with Crippen LogP contribution >= 0.6 is 23.1 Å². The third-order valence-electron chi connectivity index (χ3n) is 5.85. The molecule has 0 aliphatic carbocycles. The number of amides is 3. The molecule has 0 bridgehead atoms. The molecule has 2 saturated heterocycles. The highest BCUT2D eigenvalue weighted by molar-refractivity contribution is 8.14. The van der Waals surface area contributed by atoms with E-state index in [1.165, 1.54) is 23.1 Å². The molecule has 1 aromatic rings. The topological polar surface area (TPSA) is 85.3 Å². The van der Waals surface area contributed by atoms with Crippen LogP contribution in [0.3, 0.4) is 0 Å². The first kappa shape index (κ1) is 22.3. The molecule has 1 unspecified atom stereocenters. The fourth-order valence-electron chi connectivity index (χ4n) is 4.05. The second-order valence-electron chi connectivity index (χ2n) is 8.21. The van der Waals surface area contributed by atoms with Crippen LogP contribution in [0.25, 0.3) is 0 Å². The van der Waals surface area contributed by atoms with Gasteiger partial charge < -0.3 is 15.1 Å². The van der Waals surface area contributed by atoms with Crippen LogP contribution in [0.5, 0.6) is 0 Å². The summed E-state index contributed by atoms with van der Waals surface area (Å²) in [6.07, 6.45) is 2.57. The van der Waals surface area contributed by atoms with Gasteiger partial charge in [0, 0.05) is 49.9 Å². The van der Waals surface area contributed by atoms with Gasteiger partial charge in [-0.1, -0.05) is 11.8 Å². The molecule has 3 aliphatic rings. The molecule has 168 valence electrons. The van der Waals surface area contributed by atoms with Crippen molar-refractivity contribution in [2.75, 3.05) is 51.6 Å². The van der Waals surface area contributed by atoms with Gasteiger partial charge in [-0.3, -0.25) is 24.3 Å². The minimum absolute atomic E-state index is 0.0985. The number of nitrogens with zero attached hydrogens (tertiary/aromatic N) is 4. The van der Waals surface area contributed by atoms with E-state index in [1.54, 1.807) is 0 Å². The molecular weight excluding hydrogens is 434 g/mol. The number of hydrogen-bond donors (Lipinski definition) is 1. The Hall–Kier alpha value is -1.91. The summed E-state index contributed by atoms with van der Waals surface area (Å²) in [6.45, 7) is 6.95. The molecule has 0 aromatic carbocycles. The van der Waals surface area contributed by atoms with Gasteiger partial charge in [-0.05, 0) is 31.9 Å². The Morgan fingerprint density at radius 1 is 1.03 bits per heavy atom. The number of carbonyl (C=O) groups is 3. The number of carbonyl (C=O) groups excluding carboxylic acids is 3. The van der Waals surface area contributed by atoms with E-state index in [0.29, 0.717) is 41.9 Å². The molecule has 1 N–H and O–H groups in total. The molecule has 10 heteroatoms. The monoisotopic (exact) mass is 463 g/mol. The first-order valence-electron chi connectivity index (χ1n) is 10.8. The van der Waals surface area contributed by atoms with Crippen LogP contribution in [0.2, 0.25) is 0 Å². The Balaban J connectivity index is 1.19. The normalized spacial score (nSPS) is 22.0. The van der Waals surface area contributed by atoms with Gasteiger partial charge >= 0.3 is 0 Å². The predicted octanol–water partition coefficient (Wildman–Crippen LogP) is 1.41. The lowest BCUT2D eigenvalue weighted by Gasteiger charge is -2.35. The zero-order chi connectivity index (χ0) is 21.8. The number of piperazine rings is 1.